The van der Waals surface area contributed by atoms with Crippen molar-refractivity contribution in [2.45, 2.75) is 83.8 Å². The minimum atomic E-state index is -1.56. The molecule has 20 heavy (non-hydrogen) atoms. The van der Waals surface area contributed by atoms with Crippen molar-refractivity contribution < 1.29 is 0 Å². The molecule has 0 aromatic carbocycles. The molecule has 0 aliphatic rings. The highest BCUT2D eigenvalue weighted by atomic mass is 31.3. The SMILES string of the molecule is C=CCC(=C)CP[Si](C(C)(C)C)(C(C)(C)C)C(C)(C)C. The van der Waals surface area contributed by atoms with Crippen LogP contribution in [0.2, 0.25) is 15.1 Å². The summed E-state index contributed by atoms with van der Waals surface area (Å²) in [5.41, 5.74) is 1.35. The van der Waals surface area contributed by atoms with Crippen molar-refractivity contribution in [3.8, 4) is 0 Å². The second kappa shape index (κ2) is 6.49. The summed E-state index contributed by atoms with van der Waals surface area (Å²) in [5.74, 6) is 0. The molecular formula is C18H37PSi. The highest BCUT2D eigenvalue weighted by Crippen LogP contribution is 2.69. The van der Waals surface area contributed by atoms with Gasteiger partial charge >= 0.3 is 0 Å². The Balaban J connectivity index is 5.68. The van der Waals surface area contributed by atoms with Crippen molar-refractivity contribution in [2.75, 3.05) is 6.16 Å². The summed E-state index contributed by atoms with van der Waals surface area (Å²) in [4.78, 5) is 0. The maximum absolute atomic E-state index is 4.25. The minimum absolute atomic E-state index is 0.399. The first-order valence-electron chi connectivity index (χ1n) is 7.73. The second-order valence-electron chi connectivity index (χ2n) is 9.10. The summed E-state index contributed by atoms with van der Waals surface area (Å²) >= 11 is 0. The Bertz CT molecular complexity index is 311. The molecule has 0 spiro atoms. The van der Waals surface area contributed by atoms with Crippen LogP contribution in [0.1, 0.15) is 68.7 Å². The van der Waals surface area contributed by atoms with Crippen molar-refractivity contribution in [1.82, 2.24) is 0 Å². The molecule has 0 saturated carbocycles. The average molecular weight is 313 g/mol. The average Bonchev–Trinajstić information content (AvgIpc) is 2.11. The first-order chi connectivity index (χ1) is 8.70. The highest BCUT2D eigenvalue weighted by Gasteiger charge is 2.58. The molecular weight excluding hydrogens is 275 g/mol. The van der Waals surface area contributed by atoms with Gasteiger partial charge < -0.3 is 0 Å². The maximum atomic E-state index is 4.25. The Morgan fingerprint density at radius 1 is 0.900 bits per heavy atom. The number of hydrogen-bond donors (Lipinski definition) is 0. The lowest BCUT2D eigenvalue weighted by molar-refractivity contribution is 0.558. The van der Waals surface area contributed by atoms with E-state index in [0.717, 1.165) is 14.5 Å². The molecule has 0 radical (unpaired) electrons. The van der Waals surface area contributed by atoms with Gasteiger partial charge in [-0.1, -0.05) is 80.5 Å². The van der Waals surface area contributed by atoms with Gasteiger partial charge in [-0.3, -0.25) is 0 Å². The van der Waals surface area contributed by atoms with Gasteiger partial charge in [0.25, 0.3) is 0 Å². The van der Waals surface area contributed by atoms with Crippen molar-refractivity contribution in [2.24, 2.45) is 0 Å². The van der Waals surface area contributed by atoms with Crippen molar-refractivity contribution in [3.05, 3.63) is 24.8 Å². The summed E-state index contributed by atoms with van der Waals surface area (Å²) in [6.07, 6.45) is 4.14. The van der Waals surface area contributed by atoms with Crippen LogP contribution < -0.4 is 0 Å². The number of allylic oxidation sites excluding steroid dienone is 2. The monoisotopic (exact) mass is 312 g/mol. The second-order valence-corrected chi connectivity index (χ2v) is 19.1. The molecule has 0 aliphatic heterocycles. The normalized spacial score (nSPS) is 14.8. The topological polar surface area (TPSA) is 0 Å². The molecule has 0 bridgehead atoms. The van der Waals surface area contributed by atoms with E-state index in [1.807, 2.05) is 6.08 Å². The molecule has 0 fully saturated rings. The lowest BCUT2D eigenvalue weighted by Crippen LogP contribution is -2.55. The molecule has 0 N–H and O–H groups in total. The van der Waals surface area contributed by atoms with Gasteiger partial charge in [-0.15, -0.1) is 14.7 Å². The predicted octanol–water partition coefficient (Wildman–Crippen LogP) is 7.14. The summed E-state index contributed by atoms with van der Waals surface area (Å²) in [5, 5.41) is 1.20. The van der Waals surface area contributed by atoms with E-state index < -0.39 is 7.74 Å². The van der Waals surface area contributed by atoms with Crippen molar-refractivity contribution in [3.63, 3.8) is 0 Å². The minimum Gasteiger partial charge on any atom is -0.127 e. The molecule has 0 saturated heterocycles. The Labute approximate surface area is 131 Å². The van der Waals surface area contributed by atoms with E-state index in [1.165, 1.54) is 11.7 Å². The molecule has 1 atom stereocenters. The third kappa shape index (κ3) is 4.07. The van der Waals surface area contributed by atoms with Crippen LogP contribution in [-0.4, -0.2) is 13.9 Å². The van der Waals surface area contributed by atoms with Crippen LogP contribution in [0.3, 0.4) is 0 Å². The summed E-state index contributed by atoms with van der Waals surface area (Å²) in [6.45, 7) is 30.3. The Morgan fingerprint density at radius 2 is 1.25 bits per heavy atom. The van der Waals surface area contributed by atoms with E-state index in [-0.39, 0.29) is 0 Å². The molecule has 0 aromatic heterocycles. The molecule has 0 heterocycles. The quantitative estimate of drug-likeness (QED) is 0.287. The van der Waals surface area contributed by atoms with Gasteiger partial charge in [-0.05, 0) is 27.7 Å². The molecule has 0 rings (SSSR count). The van der Waals surface area contributed by atoms with Crippen LogP contribution in [0.25, 0.3) is 0 Å². The lowest BCUT2D eigenvalue weighted by atomic mass is 10.2. The van der Waals surface area contributed by atoms with Gasteiger partial charge in [-0.2, -0.15) is 0 Å². The molecule has 1 unspecified atom stereocenters. The molecule has 0 nitrogen and oxygen atoms in total. The largest absolute Gasteiger partial charge is 0.127 e. The van der Waals surface area contributed by atoms with Gasteiger partial charge in [0.15, 0.2) is 0 Å². The van der Waals surface area contributed by atoms with Crippen molar-refractivity contribution in [1.29, 1.82) is 0 Å². The lowest BCUT2D eigenvalue weighted by Gasteiger charge is -2.59. The van der Waals surface area contributed by atoms with E-state index in [4.69, 9.17) is 0 Å². The van der Waals surface area contributed by atoms with Gasteiger partial charge in [0.05, 0.1) is 7.74 Å². The van der Waals surface area contributed by atoms with Gasteiger partial charge in [0, 0.05) is 0 Å². The molecule has 0 aliphatic carbocycles. The van der Waals surface area contributed by atoms with Crippen LogP contribution in [-0.2, 0) is 0 Å². The van der Waals surface area contributed by atoms with E-state index in [2.05, 4.69) is 75.5 Å². The standard InChI is InChI=1S/C18H37PSi/c1-12-13-15(2)14-19-20(16(3,4)5,17(6,7)8)18(9,10)11/h12,19H,1-2,13-14H2,3-11H3. The van der Waals surface area contributed by atoms with E-state index in [0.29, 0.717) is 15.1 Å². The predicted molar refractivity (Wildman–Crippen MR) is 102 cm³/mol. The molecule has 0 amide bonds. The zero-order valence-corrected chi connectivity index (χ0v) is 17.4. The zero-order valence-electron chi connectivity index (χ0n) is 15.4. The number of rotatable bonds is 5. The van der Waals surface area contributed by atoms with E-state index >= 15 is 0 Å². The molecule has 0 aromatic rings. The molecule has 118 valence electrons. The van der Waals surface area contributed by atoms with Crippen LogP contribution in [0.15, 0.2) is 24.8 Å². The van der Waals surface area contributed by atoms with Crippen LogP contribution in [0.4, 0.5) is 0 Å². The highest BCUT2D eigenvalue weighted by molar-refractivity contribution is 7.83. The zero-order chi connectivity index (χ0) is 16.4. The Morgan fingerprint density at radius 3 is 1.50 bits per heavy atom. The number of hydrogen-bond acceptors (Lipinski definition) is 0. The first-order valence-corrected chi connectivity index (χ1v) is 11.9. The third-order valence-corrected chi connectivity index (χ3v) is 21.2. The van der Waals surface area contributed by atoms with Crippen LogP contribution in [0, 0.1) is 0 Å². The fourth-order valence-electron chi connectivity index (χ4n) is 4.70. The van der Waals surface area contributed by atoms with Gasteiger partial charge in [-0.25, -0.2) is 0 Å². The third-order valence-electron chi connectivity index (χ3n) is 4.41. The summed E-state index contributed by atoms with van der Waals surface area (Å²) < 4.78 is 0. The molecule has 2 heteroatoms. The van der Waals surface area contributed by atoms with E-state index in [1.54, 1.807) is 0 Å². The maximum Gasteiger partial charge on any atom is 0.0941 e. The van der Waals surface area contributed by atoms with Gasteiger partial charge in [0.2, 0.25) is 0 Å². The Kier molecular flexibility index (Phi) is 6.53. The van der Waals surface area contributed by atoms with E-state index in [9.17, 15) is 0 Å². The first kappa shape index (κ1) is 20.1. The van der Waals surface area contributed by atoms with Crippen LogP contribution in [0.5, 0.6) is 0 Å². The summed E-state index contributed by atoms with van der Waals surface area (Å²) in [6, 6.07) is 0. The fraction of sp³-hybridized carbons (Fsp3) is 0.778. The Hall–Kier alpha value is 0.127. The van der Waals surface area contributed by atoms with Crippen LogP contribution >= 0.6 is 8.13 Å². The van der Waals surface area contributed by atoms with Crippen molar-refractivity contribution >= 4 is 15.9 Å². The smallest absolute Gasteiger partial charge is 0.0941 e. The van der Waals surface area contributed by atoms with Gasteiger partial charge in [0.1, 0.15) is 0 Å². The fourth-order valence-corrected chi connectivity index (χ4v) is 20.0. The summed E-state index contributed by atoms with van der Waals surface area (Å²) in [7, 11) is -0.530.